The first-order valence-corrected chi connectivity index (χ1v) is 8.41. The Balaban J connectivity index is 0.00000192. The molecule has 2 atom stereocenters. The second-order valence-electron chi connectivity index (χ2n) is 7.18. The highest BCUT2D eigenvalue weighted by atomic mass is 16.5. The molecule has 2 unspecified atom stereocenters. The van der Waals surface area contributed by atoms with Crippen molar-refractivity contribution < 1.29 is 15.5 Å². The van der Waals surface area contributed by atoms with Gasteiger partial charge in [-0.05, 0) is 25.7 Å². The average molecular weight is 308 g/mol. The largest absolute Gasteiger partial charge is 0.378 e. The third kappa shape index (κ3) is 3.05. The number of unbranched alkanes of at least 4 members (excludes halogenated alkanes) is 1. The topological polar surface area (TPSA) is 64.4 Å². The van der Waals surface area contributed by atoms with Crippen molar-refractivity contribution in [3.05, 3.63) is 17.5 Å². The number of hydrogen-bond acceptors (Lipinski definition) is 4. The molecule has 1 aromatic rings. The molecule has 1 heterocycles. The minimum Gasteiger partial charge on any atom is -0.378 e. The number of aromatic nitrogens is 1. The van der Waals surface area contributed by atoms with Crippen LogP contribution in [0.3, 0.4) is 0 Å². The second kappa shape index (κ2) is 6.03. The van der Waals surface area contributed by atoms with E-state index in [0.29, 0.717) is 11.6 Å². The molecule has 0 saturated heterocycles. The Bertz CT molecular complexity index is 540. The van der Waals surface area contributed by atoms with Crippen molar-refractivity contribution in [1.82, 2.24) is 10.5 Å². The first kappa shape index (κ1) is 15.5. The van der Waals surface area contributed by atoms with Gasteiger partial charge in [-0.2, -0.15) is 0 Å². The van der Waals surface area contributed by atoms with Crippen LogP contribution < -0.4 is 5.32 Å². The summed E-state index contributed by atoms with van der Waals surface area (Å²) in [7, 11) is 0. The molecule has 2 saturated carbocycles. The standard InChI is InChI=1S/C17H26N2O3.H2/c1-4-5-8-21-15-10-14(17(15,2)3)18-16(20)12-9-13(22-19-12)11-6-7-11;/h9,11,14-15H,4-8,10H2,1-3H3,(H,18,20);1H. The molecule has 0 radical (unpaired) electrons. The fraction of sp³-hybridized carbons (Fsp3) is 0.765. The third-order valence-electron chi connectivity index (χ3n) is 5.04. The summed E-state index contributed by atoms with van der Waals surface area (Å²) in [4.78, 5) is 12.3. The highest BCUT2D eigenvalue weighted by Crippen LogP contribution is 2.43. The van der Waals surface area contributed by atoms with E-state index in [0.717, 1.165) is 44.5 Å². The molecule has 5 heteroatoms. The van der Waals surface area contributed by atoms with Crippen molar-refractivity contribution in [3.63, 3.8) is 0 Å². The van der Waals surface area contributed by atoms with Gasteiger partial charge < -0.3 is 14.6 Å². The van der Waals surface area contributed by atoms with Crippen LogP contribution in [0.4, 0.5) is 0 Å². The van der Waals surface area contributed by atoms with E-state index < -0.39 is 0 Å². The molecule has 124 valence electrons. The molecule has 5 nitrogen and oxygen atoms in total. The molecule has 0 aliphatic heterocycles. The fourth-order valence-corrected chi connectivity index (χ4v) is 2.97. The van der Waals surface area contributed by atoms with Crippen LogP contribution in [-0.2, 0) is 4.74 Å². The smallest absolute Gasteiger partial charge is 0.273 e. The lowest BCUT2D eigenvalue weighted by Gasteiger charge is -2.51. The first-order valence-electron chi connectivity index (χ1n) is 8.41. The van der Waals surface area contributed by atoms with Crippen LogP contribution in [0.15, 0.2) is 10.6 Å². The summed E-state index contributed by atoms with van der Waals surface area (Å²) in [5.74, 6) is 1.19. The molecule has 2 aliphatic carbocycles. The molecule has 2 aliphatic rings. The van der Waals surface area contributed by atoms with Crippen LogP contribution in [0.2, 0.25) is 0 Å². The van der Waals surface area contributed by atoms with Gasteiger partial charge in [0, 0.05) is 31.5 Å². The minimum absolute atomic E-state index is 0. The summed E-state index contributed by atoms with van der Waals surface area (Å²) in [6.45, 7) is 7.26. The lowest BCUT2D eigenvalue weighted by atomic mass is 9.64. The van der Waals surface area contributed by atoms with Crippen molar-refractivity contribution in [2.24, 2.45) is 5.41 Å². The number of ether oxygens (including phenoxy) is 1. The normalized spacial score (nSPS) is 26.5. The zero-order valence-electron chi connectivity index (χ0n) is 13.7. The van der Waals surface area contributed by atoms with Gasteiger partial charge in [0.05, 0.1) is 6.10 Å². The maximum Gasteiger partial charge on any atom is 0.273 e. The van der Waals surface area contributed by atoms with E-state index in [9.17, 15) is 4.79 Å². The number of nitrogens with one attached hydrogen (secondary N) is 1. The monoisotopic (exact) mass is 308 g/mol. The van der Waals surface area contributed by atoms with Gasteiger partial charge in [0.25, 0.3) is 5.91 Å². The minimum atomic E-state index is -0.138. The number of amides is 1. The molecular weight excluding hydrogens is 280 g/mol. The predicted octanol–water partition coefficient (Wildman–Crippen LogP) is 3.51. The van der Waals surface area contributed by atoms with Crippen LogP contribution in [0.1, 0.15) is 76.5 Å². The van der Waals surface area contributed by atoms with E-state index >= 15 is 0 Å². The van der Waals surface area contributed by atoms with Crippen molar-refractivity contribution in [1.29, 1.82) is 0 Å². The maximum absolute atomic E-state index is 12.3. The van der Waals surface area contributed by atoms with Crippen molar-refractivity contribution in [2.45, 2.75) is 70.9 Å². The van der Waals surface area contributed by atoms with Gasteiger partial charge >= 0.3 is 0 Å². The molecule has 1 N–H and O–H groups in total. The zero-order valence-corrected chi connectivity index (χ0v) is 13.7. The van der Waals surface area contributed by atoms with E-state index in [1.807, 2.05) is 0 Å². The van der Waals surface area contributed by atoms with Gasteiger partial charge in [-0.15, -0.1) is 0 Å². The number of rotatable bonds is 7. The maximum atomic E-state index is 12.3. The quantitative estimate of drug-likeness (QED) is 0.783. The number of carbonyl (C=O) groups excluding carboxylic acids is 1. The molecule has 0 aromatic carbocycles. The van der Waals surface area contributed by atoms with E-state index in [1.54, 1.807) is 6.07 Å². The Morgan fingerprint density at radius 1 is 1.55 bits per heavy atom. The molecule has 0 bridgehead atoms. The fourth-order valence-electron chi connectivity index (χ4n) is 2.97. The first-order chi connectivity index (χ1) is 10.5. The van der Waals surface area contributed by atoms with Crippen LogP contribution in [0.25, 0.3) is 0 Å². The van der Waals surface area contributed by atoms with Gasteiger partial charge in [0.1, 0.15) is 5.76 Å². The van der Waals surface area contributed by atoms with Crippen LogP contribution >= 0.6 is 0 Å². The number of carbonyl (C=O) groups is 1. The van der Waals surface area contributed by atoms with E-state index in [-0.39, 0.29) is 24.9 Å². The molecular formula is C17H28N2O3. The Morgan fingerprint density at radius 3 is 2.95 bits per heavy atom. The molecule has 1 amide bonds. The highest BCUT2D eigenvalue weighted by Gasteiger charge is 2.49. The predicted molar refractivity (Wildman–Crippen MR) is 84.9 cm³/mol. The van der Waals surface area contributed by atoms with Gasteiger partial charge in [-0.25, -0.2) is 0 Å². The van der Waals surface area contributed by atoms with E-state index in [4.69, 9.17) is 9.26 Å². The van der Waals surface area contributed by atoms with E-state index in [2.05, 4.69) is 31.2 Å². The third-order valence-corrected chi connectivity index (χ3v) is 5.04. The molecule has 0 spiro atoms. The summed E-state index contributed by atoms with van der Waals surface area (Å²) in [6.07, 6.45) is 5.61. The Hall–Kier alpha value is -1.36. The van der Waals surface area contributed by atoms with Gasteiger partial charge in [0.2, 0.25) is 0 Å². The molecule has 2 fully saturated rings. The van der Waals surface area contributed by atoms with Gasteiger partial charge in [0.15, 0.2) is 5.69 Å². The summed E-state index contributed by atoms with van der Waals surface area (Å²) >= 11 is 0. The Labute approximate surface area is 133 Å². The lowest BCUT2D eigenvalue weighted by Crippen LogP contribution is -2.62. The van der Waals surface area contributed by atoms with Gasteiger partial charge in [-0.3, -0.25) is 4.79 Å². The van der Waals surface area contributed by atoms with Gasteiger partial charge in [-0.1, -0.05) is 32.3 Å². The zero-order chi connectivity index (χ0) is 15.7. The molecule has 1 aromatic heterocycles. The van der Waals surface area contributed by atoms with Crippen molar-refractivity contribution in [2.75, 3.05) is 6.61 Å². The highest BCUT2D eigenvalue weighted by molar-refractivity contribution is 5.92. The SMILES string of the molecule is CCCCOC1CC(NC(=O)c2cc(C3CC3)on2)C1(C)C.[HH]. The average Bonchev–Trinajstić information content (AvgIpc) is 3.22. The van der Waals surface area contributed by atoms with E-state index in [1.165, 1.54) is 0 Å². The molecule has 22 heavy (non-hydrogen) atoms. The lowest BCUT2D eigenvalue weighted by molar-refractivity contribution is -0.115. The second-order valence-corrected chi connectivity index (χ2v) is 7.18. The summed E-state index contributed by atoms with van der Waals surface area (Å²) in [5.41, 5.74) is 0.361. The summed E-state index contributed by atoms with van der Waals surface area (Å²) < 4.78 is 11.2. The van der Waals surface area contributed by atoms with Crippen LogP contribution in [-0.4, -0.2) is 29.8 Å². The number of nitrogens with zero attached hydrogens (tertiary/aromatic N) is 1. The Morgan fingerprint density at radius 2 is 2.32 bits per heavy atom. The van der Waals surface area contributed by atoms with Crippen LogP contribution in [0.5, 0.6) is 0 Å². The van der Waals surface area contributed by atoms with Crippen molar-refractivity contribution in [3.8, 4) is 0 Å². The Kier molecular flexibility index (Phi) is 4.26. The summed E-state index contributed by atoms with van der Waals surface area (Å²) in [5, 5.41) is 6.97. The van der Waals surface area contributed by atoms with Crippen molar-refractivity contribution >= 4 is 5.91 Å². The summed E-state index contributed by atoms with van der Waals surface area (Å²) in [6, 6.07) is 1.92. The molecule has 3 rings (SSSR count). The van der Waals surface area contributed by atoms with Crippen LogP contribution in [0, 0.1) is 5.41 Å². The number of hydrogen-bond donors (Lipinski definition) is 1.